The molecule has 1 aromatic rings. The van der Waals surface area contributed by atoms with Crippen LogP contribution in [0, 0.1) is 5.92 Å². The molecule has 0 unspecified atom stereocenters. The van der Waals surface area contributed by atoms with Gasteiger partial charge in [-0.3, -0.25) is 9.69 Å². The molecular weight excluding hydrogens is 284 g/mol. The Morgan fingerprint density at radius 2 is 1.70 bits per heavy atom. The third kappa shape index (κ3) is 4.81. The van der Waals surface area contributed by atoms with Crippen LogP contribution in [0.25, 0.3) is 0 Å². The molecule has 3 heteroatoms. The van der Waals surface area contributed by atoms with Gasteiger partial charge in [0.2, 0.25) is 5.91 Å². The third-order valence-corrected chi connectivity index (χ3v) is 5.47. The van der Waals surface area contributed by atoms with Crippen molar-refractivity contribution in [2.75, 3.05) is 13.6 Å². The Morgan fingerprint density at radius 1 is 1.13 bits per heavy atom. The van der Waals surface area contributed by atoms with E-state index in [1.165, 1.54) is 12.8 Å². The highest BCUT2D eigenvalue weighted by molar-refractivity contribution is 5.78. The highest BCUT2D eigenvalue weighted by Gasteiger charge is 2.42. The van der Waals surface area contributed by atoms with Crippen LogP contribution < -0.4 is 5.32 Å². The molecule has 128 valence electrons. The van der Waals surface area contributed by atoms with Crippen LogP contribution in [0.15, 0.2) is 30.3 Å². The molecule has 2 rings (SSSR count). The summed E-state index contributed by atoms with van der Waals surface area (Å²) in [5, 5.41) is 3.09. The zero-order chi connectivity index (χ0) is 17.1. The number of hydrogen-bond donors (Lipinski definition) is 1. The molecule has 0 aromatic heterocycles. The fraction of sp³-hybridized carbons (Fsp3) is 0.650. The van der Waals surface area contributed by atoms with Gasteiger partial charge in [0.05, 0.1) is 6.42 Å². The monoisotopic (exact) mass is 316 g/mol. The molecule has 0 saturated carbocycles. The molecule has 1 fully saturated rings. The molecule has 3 nitrogen and oxygen atoms in total. The summed E-state index contributed by atoms with van der Waals surface area (Å²) < 4.78 is 0. The number of nitrogens with zero attached hydrogens (tertiary/aromatic N) is 1. The van der Waals surface area contributed by atoms with Crippen molar-refractivity contribution >= 4 is 5.91 Å². The van der Waals surface area contributed by atoms with Gasteiger partial charge in [0.1, 0.15) is 0 Å². The van der Waals surface area contributed by atoms with Gasteiger partial charge in [-0.05, 0) is 65.5 Å². The van der Waals surface area contributed by atoms with E-state index in [1.54, 1.807) is 0 Å². The van der Waals surface area contributed by atoms with Crippen molar-refractivity contribution in [3.8, 4) is 0 Å². The first-order valence-corrected chi connectivity index (χ1v) is 8.75. The van der Waals surface area contributed by atoms with E-state index >= 15 is 0 Å². The molecule has 1 heterocycles. The molecule has 0 radical (unpaired) electrons. The van der Waals surface area contributed by atoms with Crippen LogP contribution in [0.5, 0.6) is 0 Å². The van der Waals surface area contributed by atoms with Gasteiger partial charge in [-0.25, -0.2) is 0 Å². The molecule has 23 heavy (non-hydrogen) atoms. The molecule has 1 aliphatic rings. The summed E-state index contributed by atoms with van der Waals surface area (Å²) in [7, 11) is 2.23. The van der Waals surface area contributed by atoms with Gasteiger partial charge < -0.3 is 5.32 Å². The summed E-state index contributed by atoms with van der Waals surface area (Å²) in [4.78, 5) is 14.5. The summed E-state index contributed by atoms with van der Waals surface area (Å²) in [5.41, 5.74) is 1.52. The topological polar surface area (TPSA) is 32.3 Å². The number of hydrogen-bond acceptors (Lipinski definition) is 2. The predicted octanol–water partition coefficient (Wildman–Crippen LogP) is 3.63. The summed E-state index contributed by atoms with van der Waals surface area (Å²) in [6.45, 7) is 10.1. The van der Waals surface area contributed by atoms with Crippen LogP contribution in [0.1, 0.15) is 52.5 Å². The summed E-state index contributed by atoms with van der Waals surface area (Å²) >= 11 is 0. The highest BCUT2D eigenvalue weighted by Crippen LogP contribution is 2.41. The number of benzene rings is 1. The Morgan fingerprint density at radius 3 is 2.26 bits per heavy atom. The number of amides is 1. The number of rotatable bonds is 5. The maximum absolute atomic E-state index is 12.0. The second-order valence-corrected chi connectivity index (χ2v) is 8.26. The first-order valence-electron chi connectivity index (χ1n) is 8.75. The SMILES string of the molecule is CN1C(C)(C)CC(CCNC(=O)Cc2ccccc2)CC1(C)C. The van der Waals surface area contributed by atoms with Gasteiger partial charge >= 0.3 is 0 Å². The molecule has 1 amide bonds. The Hall–Kier alpha value is -1.35. The van der Waals surface area contributed by atoms with Crippen molar-refractivity contribution in [3.63, 3.8) is 0 Å². The summed E-state index contributed by atoms with van der Waals surface area (Å²) in [6, 6.07) is 9.94. The fourth-order valence-corrected chi connectivity index (χ4v) is 4.04. The normalized spacial score (nSPS) is 21.1. The van der Waals surface area contributed by atoms with Crippen molar-refractivity contribution in [2.24, 2.45) is 5.92 Å². The quantitative estimate of drug-likeness (QED) is 0.899. The lowest BCUT2D eigenvalue weighted by Gasteiger charge is -2.53. The molecule has 0 spiro atoms. The zero-order valence-electron chi connectivity index (χ0n) is 15.4. The number of likely N-dealkylation sites (tertiary alicyclic amines) is 1. The molecule has 1 saturated heterocycles. The predicted molar refractivity (Wildman–Crippen MR) is 96.4 cm³/mol. The lowest BCUT2D eigenvalue weighted by molar-refractivity contribution is -0.120. The Kier molecular flexibility index (Phi) is 5.51. The van der Waals surface area contributed by atoms with E-state index in [-0.39, 0.29) is 17.0 Å². The smallest absolute Gasteiger partial charge is 0.224 e. The average molecular weight is 316 g/mol. The maximum Gasteiger partial charge on any atom is 0.224 e. The third-order valence-electron chi connectivity index (χ3n) is 5.47. The van der Waals surface area contributed by atoms with Crippen molar-refractivity contribution < 1.29 is 4.79 Å². The van der Waals surface area contributed by atoms with Gasteiger partial charge in [0.15, 0.2) is 0 Å². The second kappa shape index (κ2) is 7.04. The number of nitrogens with one attached hydrogen (secondary N) is 1. The van der Waals surface area contributed by atoms with E-state index in [2.05, 4.69) is 45.0 Å². The van der Waals surface area contributed by atoms with Crippen LogP contribution in [0.2, 0.25) is 0 Å². The van der Waals surface area contributed by atoms with Gasteiger partial charge in [-0.15, -0.1) is 0 Å². The summed E-state index contributed by atoms with van der Waals surface area (Å²) in [6.07, 6.45) is 3.94. The second-order valence-electron chi connectivity index (χ2n) is 8.26. The van der Waals surface area contributed by atoms with E-state index in [0.717, 1.165) is 18.5 Å². The zero-order valence-corrected chi connectivity index (χ0v) is 15.4. The number of piperidine rings is 1. The van der Waals surface area contributed by atoms with E-state index in [4.69, 9.17) is 0 Å². The Bertz CT molecular complexity index is 504. The number of carbonyl (C=O) groups excluding carboxylic acids is 1. The lowest BCUT2D eigenvalue weighted by Crippen LogP contribution is -2.58. The Balaban J connectivity index is 1.79. The summed E-state index contributed by atoms with van der Waals surface area (Å²) in [5.74, 6) is 0.802. The minimum absolute atomic E-state index is 0.127. The van der Waals surface area contributed by atoms with E-state index in [9.17, 15) is 4.79 Å². The van der Waals surface area contributed by atoms with Gasteiger partial charge in [0, 0.05) is 17.6 Å². The number of carbonyl (C=O) groups is 1. The molecule has 1 aromatic carbocycles. The average Bonchev–Trinajstić information content (AvgIpc) is 2.45. The van der Waals surface area contributed by atoms with Gasteiger partial charge in [0.25, 0.3) is 0 Å². The van der Waals surface area contributed by atoms with Crippen LogP contribution in [-0.2, 0) is 11.2 Å². The van der Waals surface area contributed by atoms with Crippen molar-refractivity contribution in [1.29, 1.82) is 0 Å². The molecule has 1 aliphatic heterocycles. The van der Waals surface area contributed by atoms with Crippen molar-refractivity contribution in [3.05, 3.63) is 35.9 Å². The Labute approximate surface area is 141 Å². The molecule has 0 atom stereocenters. The minimum Gasteiger partial charge on any atom is -0.356 e. The first-order chi connectivity index (χ1) is 10.7. The van der Waals surface area contributed by atoms with E-state index in [1.807, 2.05) is 30.3 Å². The maximum atomic E-state index is 12.0. The molecule has 0 aliphatic carbocycles. The lowest BCUT2D eigenvalue weighted by atomic mass is 9.73. The van der Waals surface area contributed by atoms with Crippen molar-refractivity contribution in [2.45, 2.75) is 64.5 Å². The highest BCUT2D eigenvalue weighted by atomic mass is 16.1. The minimum atomic E-state index is 0.127. The van der Waals surface area contributed by atoms with E-state index < -0.39 is 0 Å². The van der Waals surface area contributed by atoms with Crippen LogP contribution in [-0.4, -0.2) is 35.5 Å². The fourth-order valence-electron chi connectivity index (χ4n) is 4.04. The van der Waals surface area contributed by atoms with Crippen LogP contribution in [0.3, 0.4) is 0 Å². The van der Waals surface area contributed by atoms with Crippen LogP contribution >= 0.6 is 0 Å². The van der Waals surface area contributed by atoms with Gasteiger partial charge in [-0.1, -0.05) is 30.3 Å². The largest absolute Gasteiger partial charge is 0.356 e. The van der Waals surface area contributed by atoms with Gasteiger partial charge in [-0.2, -0.15) is 0 Å². The van der Waals surface area contributed by atoms with Crippen molar-refractivity contribution in [1.82, 2.24) is 10.2 Å². The molecule has 0 bridgehead atoms. The van der Waals surface area contributed by atoms with Crippen LogP contribution in [0.4, 0.5) is 0 Å². The molecular formula is C20H32N2O. The first kappa shape index (κ1) is 18.0. The molecule has 1 N–H and O–H groups in total. The standard InChI is InChI=1S/C20H32N2O/c1-19(2)14-17(15-20(3,4)22(19)5)11-12-21-18(23)13-16-9-7-6-8-10-16/h6-10,17H,11-15H2,1-5H3,(H,21,23). The van der Waals surface area contributed by atoms with E-state index in [0.29, 0.717) is 12.3 Å².